The Morgan fingerprint density at radius 3 is 2.03 bits per heavy atom. The molecule has 168 valence electrons. The molecule has 1 fully saturated rings. The van der Waals surface area contributed by atoms with Gasteiger partial charge in [0, 0.05) is 20.3 Å². The Bertz CT molecular complexity index is 796. The highest BCUT2D eigenvalue weighted by Gasteiger charge is 2.12. The van der Waals surface area contributed by atoms with Crippen LogP contribution in [0.15, 0.2) is 54.1 Å². The Labute approximate surface area is 189 Å². The minimum atomic E-state index is 0.766. The summed E-state index contributed by atoms with van der Waals surface area (Å²) in [5.74, 6) is 0.963. The molecule has 0 saturated carbocycles. The molecule has 31 heavy (non-hydrogen) atoms. The Morgan fingerprint density at radius 2 is 1.45 bits per heavy atom. The lowest BCUT2D eigenvalue weighted by molar-refractivity contribution is 0.195. The molecule has 0 aliphatic carbocycles. The molecule has 0 amide bonds. The zero-order valence-corrected chi connectivity index (χ0v) is 19.7. The molecule has 0 spiro atoms. The standard InChI is InChI=1S/C28H39NO2/c1-4-24(5-2)28(25-12-10-23(11-13-25)9-8-21-30-3)26-14-16-27(17-15-26)31-22-20-29-18-6-7-19-29/h10-17H,4-9,18-22H2,1-3H3. The second kappa shape index (κ2) is 12.7. The maximum Gasteiger partial charge on any atom is 0.119 e. The van der Waals surface area contributed by atoms with E-state index in [1.165, 1.54) is 53.8 Å². The summed E-state index contributed by atoms with van der Waals surface area (Å²) in [6.45, 7) is 9.56. The van der Waals surface area contributed by atoms with Crippen LogP contribution in [0.1, 0.15) is 62.6 Å². The molecule has 0 bridgehead atoms. The SMILES string of the molecule is CCC(CC)=C(c1ccc(CCCOC)cc1)c1ccc(OCCN2CCCC2)cc1. The van der Waals surface area contributed by atoms with Gasteiger partial charge in [-0.3, -0.25) is 4.90 Å². The molecule has 3 rings (SSSR count). The second-order valence-corrected chi connectivity index (χ2v) is 8.40. The van der Waals surface area contributed by atoms with Gasteiger partial charge in [-0.15, -0.1) is 0 Å². The third-order valence-corrected chi connectivity index (χ3v) is 6.28. The van der Waals surface area contributed by atoms with Crippen LogP contribution in [-0.4, -0.2) is 44.9 Å². The van der Waals surface area contributed by atoms with E-state index in [1.807, 2.05) is 0 Å². The lowest BCUT2D eigenvalue weighted by Crippen LogP contribution is -2.25. The van der Waals surface area contributed by atoms with Crippen LogP contribution >= 0.6 is 0 Å². The lowest BCUT2D eigenvalue weighted by atomic mass is 9.90. The number of hydrogen-bond donors (Lipinski definition) is 0. The van der Waals surface area contributed by atoms with E-state index >= 15 is 0 Å². The summed E-state index contributed by atoms with van der Waals surface area (Å²) in [6, 6.07) is 17.8. The number of benzene rings is 2. The summed E-state index contributed by atoms with van der Waals surface area (Å²) in [5.41, 5.74) is 6.82. The van der Waals surface area contributed by atoms with Crippen molar-refractivity contribution in [1.82, 2.24) is 4.90 Å². The quantitative estimate of drug-likeness (QED) is 0.372. The molecule has 3 heteroatoms. The lowest BCUT2D eigenvalue weighted by Gasteiger charge is -2.17. The topological polar surface area (TPSA) is 21.7 Å². The molecule has 0 atom stereocenters. The molecular formula is C28H39NO2. The van der Waals surface area contributed by atoms with Crippen molar-refractivity contribution in [3.63, 3.8) is 0 Å². The predicted molar refractivity (Wildman–Crippen MR) is 131 cm³/mol. The first kappa shape index (κ1) is 23.6. The van der Waals surface area contributed by atoms with Crippen molar-refractivity contribution in [2.75, 3.05) is 40.0 Å². The number of methoxy groups -OCH3 is 1. The van der Waals surface area contributed by atoms with Gasteiger partial charge in [0.25, 0.3) is 0 Å². The number of allylic oxidation sites excluding steroid dienone is 1. The van der Waals surface area contributed by atoms with Crippen molar-refractivity contribution in [2.24, 2.45) is 0 Å². The number of nitrogens with zero attached hydrogens (tertiary/aromatic N) is 1. The largest absolute Gasteiger partial charge is 0.492 e. The summed E-state index contributed by atoms with van der Waals surface area (Å²) in [5, 5.41) is 0. The van der Waals surface area contributed by atoms with Crippen molar-refractivity contribution in [1.29, 1.82) is 0 Å². The molecule has 3 nitrogen and oxygen atoms in total. The molecule has 0 unspecified atom stereocenters. The highest BCUT2D eigenvalue weighted by atomic mass is 16.5. The number of aryl methyl sites for hydroxylation is 1. The first-order valence-electron chi connectivity index (χ1n) is 12.0. The summed E-state index contributed by atoms with van der Waals surface area (Å²) < 4.78 is 11.2. The molecule has 0 aromatic heterocycles. The first-order chi connectivity index (χ1) is 15.2. The third kappa shape index (κ3) is 6.95. The van der Waals surface area contributed by atoms with Crippen molar-refractivity contribution in [2.45, 2.75) is 52.4 Å². The average molecular weight is 422 g/mol. The summed E-state index contributed by atoms with van der Waals surface area (Å²) in [4.78, 5) is 2.49. The van der Waals surface area contributed by atoms with E-state index in [4.69, 9.17) is 9.47 Å². The highest BCUT2D eigenvalue weighted by Crippen LogP contribution is 2.31. The summed E-state index contributed by atoms with van der Waals surface area (Å²) in [6.07, 6.45) is 6.91. The Morgan fingerprint density at radius 1 is 0.839 bits per heavy atom. The van der Waals surface area contributed by atoms with E-state index in [-0.39, 0.29) is 0 Å². The van der Waals surface area contributed by atoms with Crippen LogP contribution < -0.4 is 4.74 Å². The van der Waals surface area contributed by atoms with Crippen LogP contribution in [0.4, 0.5) is 0 Å². The normalized spacial score (nSPS) is 14.0. The molecule has 1 aliphatic heterocycles. The number of rotatable bonds is 12. The smallest absolute Gasteiger partial charge is 0.119 e. The minimum Gasteiger partial charge on any atom is -0.492 e. The number of hydrogen-bond acceptors (Lipinski definition) is 3. The maximum absolute atomic E-state index is 6.02. The van der Waals surface area contributed by atoms with Gasteiger partial charge in [0.05, 0.1) is 0 Å². The van der Waals surface area contributed by atoms with Gasteiger partial charge in [-0.2, -0.15) is 0 Å². The fourth-order valence-corrected chi connectivity index (χ4v) is 4.45. The van der Waals surface area contributed by atoms with E-state index in [1.54, 1.807) is 7.11 Å². The second-order valence-electron chi connectivity index (χ2n) is 8.40. The van der Waals surface area contributed by atoms with Gasteiger partial charge in [-0.25, -0.2) is 0 Å². The average Bonchev–Trinajstić information content (AvgIpc) is 3.32. The van der Waals surface area contributed by atoms with Crippen LogP contribution in [0, 0.1) is 0 Å². The van der Waals surface area contributed by atoms with Crippen molar-refractivity contribution >= 4 is 5.57 Å². The fourth-order valence-electron chi connectivity index (χ4n) is 4.45. The van der Waals surface area contributed by atoms with Crippen LogP contribution in [0.2, 0.25) is 0 Å². The van der Waals surface area contributed by atoms with Crippen molar-refractivity contribution < 1.29 is 9.47 Å². The van der Waals surface area contributed by atoms with E-state index in [9.17, 15) is 0 Å². The molecule has 0 radical (unpaired) electrons. The van der Waals surface area contributed by atoms with Crippen LogP contribution in [0.3, 0.4) is 0 Å². The van der Waals surface area contributed by atoms with Crippen molar-refractivity contribution in [3.8, 4) is 5.75 Å². The molecule has 2 aromatic carbocycles. The molecule has 2 aromatic rings. The Balaban J connectivity index is 1.71. The van der Waals surface area contributed by atoms with Gasteiger partial charge >= 0.3 is 0 Å². The first-order valence-corrected chi connectivity index (χ1v) is 12.0. The van der Waals surface area contributed by atoms with E-state index in [0.29, 0.717) is 0 Å². The Kier molecular flexibility index (Phi) is 9.64. The zero-order valence-electron chi connectivity index (χ0n) is 19.7. The predicted octanol–water partition coefficient (Wildman–Crippen LogP) is 6.36. The van der Waals surface area contributed by atoms with E-state index < -0.39 is 0 Å². The Hall–Kier alpha value is -2.10. The van der Waals surface area contributed by atoms with Crippen LogP contribution in [-0.2, 0) is 11.2 Å². The monoisotopic (exact) mass is 421 g/mol. The molecule has 0 N–H and O–H groups in total. The van der Waals surface area contributed by atoms with Crippen LogP contribution in [0.5, 0.6) is 5.75 Å². The molecular weight excluding hydrogens is 382 g/mol. The fraction of sp³-hybridized carbons (Fsp3) is 0.500. The van der Waals surface area contributed by atoms with Crippen LogP contribution in [0.25, 0.3) is 5.57 Å². The summed E-state index contributed by atoms with van der Waals surface area (Å²) in [7, 11) is 1.76. The van der Waals surface area contributed by atoms with Gasteiger partial charge in [0.2, 0.25) is 0 Å². The van der Waals surface area contributed by atoms with E-state index in [0.717, 1.165) is 51.2 Å². The van der Waals surface area contributed by atoms with Crippen molar-refractivity contribution in [3.05, 3.63) is 70.8 Å². The summed E-state index contributed by atoms with van der Waals surface area (Å²) >= 11 is 0. The van der Waals surface area contributed by atoms with Gasteiger partial charge in [-0.1, -0.05) is 55.8 Å². The van der Waals surface area contributed by atoms with Gasteiger partial charge in [-0.05, 0) is 86.0 Å². The van der Waals surface area contributed by atoms with Gasteiger partial charge < -0.3 is 9.47 Å². The maximum atomic E-state index is 6.02. The van der Waals surface area contributed by atoms with E-state index in [2.05, 4.69) is 67.3 Å². The molecule has 1 heterocycles. The van der Waals surface area contributed by atoms with Gasteiger partial charge in [0.15, 0.2) is 0 Å². The highest BCUT2D eigenvalue weighted by molar-refractivity contribution is 5.82. The third-order valence-electron chi connectivity index (χ3n) is 6.28. The minimum absolute atomic E-state index is 0.766. The molecule has 1 aliphatic rings. The van der Waals surface area contributed by atoms with Gasteiger partial charge in [0.1, 0.15) is 12.4 Å². The molecule has 1 saturated heterocycles. The zero-order chi connectivity index (χ0) is 21.9. The number of ether oxygens (including phenoxy) is 2. The number of likely N-dealkylation sites (tertiary alicyclic amines) is 1.